The van der Waals surface area contributed by atoms with Gasteiger partial charge in [-0.25, -0.2) is 0 Å². The highest BCUT2D eigenvalue weighted by Crippen LogP contribution is 2.43. The molecule has 8 aromatic rings. The molecule has 0 saturated heterocycles. The lowest BCUT2D eigenvalue weighted by molar-refractivity contribution is 0.853. The molecule has 3 heteroatoms. The molecule has 44 heavy (non-hydrogen) atoms. The van der Waals surface area contributed by atoms with Crippen molar-refractivity contribution in [2.45, 2.75) is 12.3 Å². The second-order valence-corrected chi connectivity index (χ2v) is 11.5. The van der Waals surface area contributed by atoms with Gasteiger partial charge in [-0.1, -0.05) is 103 Å². The normalized spacial score (nSPS) is 14.8. The van der Waals surface area contributed by atoms with Crippen LogP contribution in [0.4, 0.5) is 0 Å². The van der Waals surface area contributed by atoms with Crippen LogP contribution in [0.25, 0.3) is 66.2 Å². The van der Waals surface area contributed by atoms with Crippen molar-refractivity contribution < 1.29 is 0 Å². The molecule has 0 saturated carbocycles. The van der Waals surface area contributed by atoms with Gasteiger partial charge in [-0.05, 0) is 66.1 Å². The maximum absolute atomic E-state index is 4.96. The minimum absolute atomic E-state index is 0.426. The smallest absolute Gasteiger partial charge is 0.0969 e. The molecule has 0 aliphatic heterocycles. The summed E-state index contributed by atoms with van der Waals surface area (Å²) in [7, 11) is 0. The molecule has 1 atom stereocenters. The molecule has 3 aromatic heterocycles. The van der Waals surface area contributed by atoms with Crippen LogP contribution in [0.3, 0.4) is 0 Å². The number of para-hydroxylation sites is 3. The third-order valence-corrected chi connectivity index (χ3v) is 9.11. The summed E-state index contributed by atoms with van der Waals surface area (Å²) in [5.41, 5.74) is 11.7. The summed E-state index contributed by atoms with van der Waals surface area (Å²) in [4.78, 5) is 4.96. The number of allylic oxidation sites excluding steroid dienone is 4. The lowest BCUT2D eigenvalue weighted by Crippen LogP contribution is -1.99. The largest absolute Gasteiger partial charge is 0.309 e. The molecule has 0 N–H and O–H groups in total. The molecule has 0 radical (unpaired) electrons. The number of pyridine rings is 1. The first kappa shape index (κ1) is 24.9. The van der Waals surface area contributed by atoms with E-state index in [1.54, 1.807) is 0 Å². The first-order valence-electron chi connectivity index (χ1n) is 15.3. The van der Waals surface area contributed by atoms with E-state index in [1.165, 1.54) is 49.6 Å². The number of benzene rings is 5. The van der Waals surface area contributed by atoms with E-state index >= 15 is 0 Å². The third-order valence-electron chi connectivity index (χ3n) is 9.11. The molecule has 0 bridgehead atoms. The van der Waals surface area contributed by atoms with Crippen LogP contribution >= 0.6 is 0 Å². The summed E-state index contributed by atoms with van der Waals surface area (Å²) < 4.78 is 4.79. The summed E-state index contributed by atoms with van der Waals surface area (Å²) in [6, 6.07) is 46.1. The van der Waals surface area contributed by atoms with Crippen molar-refractivity contribution >= 4 is 43.7 Å². The Kier molecular flexibility index (Phi) is 5.63. The molecule has 3 heterocycles. The first-order valence-corrected chi connectivity index (χ1v) is 15.3. The van der Waals surface area contributed by atoms with Crippen LogP contribution in [-0.2, 0) is 0 Å². The highest BCUT2D eigenvalue weighted by Gasteiger charge is 2.21. The van der Waals surface area contributed by atoms with Gasteiger partial charge in [0, 0.05) is 45.2 Å². The van der Waals surface area contributed by atoms with Crippen LogP contribution in [0.5, 0.6) is 0 Å². The van der Waals surface area contributed by atoms with Gasteiger partial charge in [-0.3, -0.25) is 4.98 Å². The Morgan fingerprint density at radius 1 is 0.545 bits per heavy atom. The zero-order chi connectivity index (χ0) is 29.0. The zero-order valence-corrected chi connectivity index (χ0v) is 24.1. The van der Waals surface area contributed by atoms with Gasteiger partial charge in [0.15, 0.2) is 0 Å². The SMILES string of the molecule is C1=CCC(c2ccc(-n3c4ccccc4c4cccc(-c5cccc6c5c5ncccc5n6-c5ccccc5)c43)cc2)C=C1. The molecule has 9 rings (SSSR count). The zero-order valence-electron chi connectivity index (χ0n) is 24.1. The van der Waals surface area contributed by atoms with Crippen LogP contribution in [0.15, 0.2) is 158 Å². The fraction of sp³-hybridized carbons (Fsp3) is 0.0488. The molecular formula is C41H29N3. The van der Waals surface area contributed by atoms with Crippen molar-refractivity contribution in [2.75, 3.05) is 0 Å². The van der Waals surface area contributed by atoms with E-state index in [-0.39, 0.29) is 0 Å². The number of fused-ring (bicyclic) bond motifs is 6. The van der Waals surface area contributed by atoms with Crippen molar-refractivity contribution in [3.8, 4) is 22.5 Å². The topological polar surface area (TPSA) is 22.8 Å². The van der Waals surface area contributed by atoms with Gasteiger partial charge in [-0.2, -0.15) is 0 Å². The van der Waals surface area contributed by atoms with Crippen molar-refractivity contribution in [1.82, 2.24) is 14.1 Å². The summed E-state index contributed by atoms with van der Waals surface area (Å²) >= 11 is 0. The average molecular weight is 564 g/mol. The monoisotopic (exact) mass is 563 g/mol. The van der Waals surface area contributed by atoms with E-state index < -0.39 is 0 Å². The van der Waals surface area contributed by atoms with Gasteiger partial charge in [0.05, 0.1) is 27.6 Å². The van der Waals surface area contributed by atoms with E-state index in [2.05, 4.69) is 155 Å². The lowest BCUT2D eigenvalue weighted by atomic mass is 9.92. The average Bonchev–Trinajstić information content (AvgIpc) is 3.62. The maximum Gasteiger partial charge on any atom is 0.0969 e. The Morgan fingerprint density at radius 3 is 2.14 bits per heavy atom. The Hall–Kier alpha value is -5.67. The highest BCUT2D eigenvalue weighted by molar-refractivity contribution is 6.19. The van der Waals surface area contributed by atoms with Crippen LogP contribution < -0.4 is 0 Å². The predicted octanol–water partition coefficient (Wildman–Crippen LogP) is 10.5. The quantitative estimate of drug-likeness (QED) is 0.209. The minimum atomic E-state index is 0.426. The number of hydrogen-bond acceptors (Lipinski definition) is 1. The predicted molar refractivity (Wildman–Crippen MR) is 184 cm³/mol. The molecular weight excluding hydrogens is 534 g/mol. The Morgan fingerprint density at radius 2 is 1.27 bits per heavy atom. The molecule has 3 nitrogen and oxygen atoms in total. The van der Waals surface area contributed by atoms with E-state index in [0.29, 0.717) is 5.92 Å². The molecule has 0 fully saturated rings. The number of nitrogens with zero attached hydrogens (tertiary/aromatic N) is 3. The van der Waals surface area contributed by atoms with Crippen LogP contribution in [0, 0.1) is 0 Å². The van der Waals surface area contributed by atoms with E-state index in [0.717, 1.165) is 28.7 Å². The Labute approximate surface area is 255 Å². The van der Waals surface area contributed by atoms with Crippen molar-refractivity contribution in [3.63, 3.8) is 0 Å². The van der Waals surface area contributed by atoms with Gasteiger partial charge in [0.1, 0.15) is 0 Å². The molecule has 208 valence electrons. The van der Waals surface area contributed by atoms with Crippen LogP contribution in [0.1, 0.15) is 17.9 Å². The van der Waals surface area contributed by atoms with Gasteiger partial charge < -0.3 is 9.13 Å². The summed E-state index contributed by atoms with van der Waals surface area (Å²) in [6.07, 6.45) is 11.8. The van der Waals surface area contributed by atoms with Gasteiger partial charge in [-0.15, -0.1) is 0 Å². The minimum Gasteiger partial charge on any atom is -0.309 e. The van der Waals surface area contributed by atoms with E-state index in [9.17, 15) is 0 Å². The molecule has 1 unspecified atom stereocenters. The first-order chi connectivity index (χ1) is 21.9. The second kappa shape index (κ2) is 9.96. The Balaban J connectivity index is 1.34. The van der Waals surface area contributed by atoms with Crippen molar-refractivity contribution in [3.05, 3.63) is 163 Å². The van der Waals surface area contributed by atoms with E-state index in [1.807, 2.05) is 12.3 Å². The third kappa shape index (κ3) is 3.73. The highest BCUT2D eigenvalue weighted by atomic mass is 15.0. The standard InChI is InChI=1S/C41H29N3/c1-3-12-28(13-4-1)29-23-25-31(26-24-29)44-36-20-8-7-16-32(36)34-18-9-19-35(41(34)44)33-17-10-21-37-39(33)40-38(22-11-27-42-40)43(37)30-14-5-2-6-15-30/h1-12,14-28H,13H2. The van der Waals surface area contributed by atoms with Crippen molar-refractivity contribution in [2.24, 2.45) is 0 Å². The van der Waals surface area contributed by atoms with Crippen LogP contribution in [0.2, 0.25) is 0 Å². The summed E-state index contributed by atoms with van der Waals surface area (Å²) in [5.74, 6) is 0.426. The van der Waals surface area contributed by atoms with E-state index in [4.69, 9.17) is 4.98 Å². The summed E-state index contributed by atoms with van der Waals surface area (Å²) in [6.45, 7) is 0. The molecule has 0 spiro atoms. The number of hydrogen-bond donors (Lipinski definition) is 0. The molecule has 0 amide bonds. The fourth-order valence-electron chi connectivity index (χ4n) is 7.16. The maximum atomic E-state index is 4.96. The van der Waals surface area contributed by atoms with Gasteiger partial charge >= 0.3 is 0 Å². The number of rotatable bonds is 4. The number of aromatic nitrogens is 3. The molecule has 1 aliphatic carbocycles. The molecule has 5 aromatic carbocycles. The Bertz CT molecular complexity index is 2400. The van der Waals surface area contributed by atoms with Gasteiger partial charge in [0.25, 0.3) is 0 Å². The second-order valence-electron chi connectivity index (χ2n) is 11.5. The fourth-order valence-corrected chi connectivity index (χ4v) is 7.16. The molecule has 1 aliphatic rings. The van der Waals surface area contributed by atoms with Crippen LogP contribution in [-0.4, -0.2) is 14.1 Å². The summed E-state index contributed by atoms with van der Waals surface area (Å²) in [5, 5.41) is 3.67. The van der Waals surface area contributed by atoms with Gasteiger partial charge in [0.2, 0.25) is 0 Å². The van der Waals surface area contributed by atoms with Crippen molar-refractivity contribution in [1.29, 1.82) is 0 Å². The lowest BCUT2D eigenvalue weighted by Gasteiger charge is -2.16.